The van der Waals surface area contributed by atoms with E-state index >= 15 is 0 Å². The molecule has 1 aliphatic heterocycles. The number of aryl methyl sites for hydroxylation is 2. The first-order valence-electron chi connectivity index (χ1n) is 9.90. The van der Waals surface area contributed by atoms with Gasteiger partial charge in [-0.15, -0.1) is 0 Å². The topological polar surface area (TPSA) is 67.4 Å². The minimum Gasteiger partial charge on any atom is -0.484 e. The first kappa shape index (κ1) is 19.9. The minimum absolute atomic E-state index is 0.0345. The number of rotatable bonds is 7. The average Bonchev–Trinajstić information content (AvgIpc) is 2.70. The van der Waals surface area contributed by atoms with E-state index in [0.717, 1.165) is 23.2 Å². The summed E-state index contributed by atoms with van der Waals surface area (Å²) < 4.78 is 5.69. The van der Waals surface area contributed by atoms with Gasteiger partial charge in [0.15, 0.2) is 6.61 Å². The molecule has 5 heteroatoms. The highest BCUT2D eigenvalue weighted by molar-refractivity contribution is 5.94. The molecule has 1 heterocycles. The first-order chi connectivity index (χ1) is 13.5. The molecular weight excluding hydrogens is 352 g/mol. The molecule has 0 spiro atoms. The van der Waals surface area contributed by atoms with E-state index in [4.69, 9.17) is 4.74 Å². The lowest BCUT2D eigenvalue weighted by Gasteiger charge is -2.23. The van der Waals surface area contributed by atoms with Crippen LogP contribution in [0.2, 0.25) is 0 Å². The van der Waals surface area contributed by atoms with Gasteiger partial charge in [0, 0.05) is 12.1 Å². The molecule has 1 atom stereocenters. The fraction of sp³-hybridized carbons (Fsp3) is 0.391. The third-order valence-corrected chi connectivity index (χ3v) is 5.07. The zero-order valence-electron chi connectivity index (χ0n) is 16.7. The number of ether oxygens (including phenoxy) is 1. The van der Waals surface area contributed by atoms with Gasteiger partial charge in [-0.25, -0.2) is 0 Å². The molecule has 28 heavy (non-hydrogen) atoms. The molecule has 0 bridgehead atoms. The summed E-state index contributed by atoms with van der Waals surface area (Å²) in [5.41, 5.74) is 4.24. The SMILES string of the molecule is CCc1ccc(C(NC(=O)COc2ccc3c(c2)CCC(=O)N3)C(C)C)cc1. The van der Waals surface area contributed by atoms with Gasteiger partial charge in [0.2, 0.25) is 5.91 Å². The molecule has 3 rings (SSSR count). The third kappa shape index (κ3) is 4.91. The molecule has 2 amide bonds. The number of fused-ring (bicyclic) bond motifs is 1. The smallest absolute Gasteiger partial charge is 0.258 e. The van der Waals surface area contributed by atoms with Gasteiger partial charge in [0.25, 0.3) is 5.91 Å². The van der Waals surface area contributed by atoms with Crippen molar-refractivity contribution in [1.82, 2.24) is 5.32 Å². The van der Waals surface area contributed by atoms with Gasteiger partial charge in [-0.1, -0.05) is 45.0 Å². The van der Waals surface area contributed by atoms with E-state index in [1.54, 1.807) is 6.07 Å². The van der Waals surface area contributed by atoms with Crippen LogP contribution in [-0.4, -0.2) is 18.4 Å². The largest absolute Gasteiger partial charge is 0.484 e. The lowest BCUT2D eigenvalue weighted by atomic mass is 9.95. The maximum atomic E-state index is 12.5. The highest BCUT2D eigenvalue weighted by Gasteiger charge is 2.19. The molecule has 0 saturated carbocycles. The summed E-state index contributed by atoms with van der Waals surface area (Å²) in [6.07, 6.45) is 2.16. The Kier molecular flexibility index (Phi) is 6.34. The monoisotopic (exact) mass is 380 g/mol. The highest BCUT2D eigenvalue weighted by Crippen LogP contribution is 2.27. The number of nitrogens with one attached hydrogen (secondary N) is 2. The molecule has 5 nitrogen and oxygen atoms in total. The van der Waals surface area contributed by atoms with E-state index in [2.05, 4.69) is 55.7 Å². The predicted octanol–water partition coefficient (Wildman–Crippen LogP) is 4.03. The fourth-order valence-electron chi connectivity index (χ4n) is 3.41. The number of amides is 2. The van der Waals surface area contributed by atoms with Crippen molar-refractivity contribution in [2.45, 2.75) is 46.1 Å². The van der Waals surface area contributed by atoms with Crippen LogP contribution in [0.4, 0.5) is 5.69 Å². The highest BCUT2D eigenvalue weighted by atomic mass is 16.5. The lowest BCUT2D eigenvalue weighted by molar-refractivity contribution is -0.124. The van der Waals surface area contributed by atoms with Crippen molar-refractivity contribution in [2.75, 3.05) is 11.9 Å². The lowest BCUT2D eigenvalue weighted by Crippen LogP contribution is -2.35. The normalized spacial score (nSPS) is 14.2. The standard InChI is InChI=1S/C23H28N2O3/c1-4-16-5-7-17(8-6-16)23(15(2)3)25-22(27)14-28-19-10-11-20-18(13-19)9-12-21(26)24-20/h5-8,10-11,13,15,23H,4,9,12,14H2,1-3H3,(H,24,26)(H,25,27). The van der Waals surface area contributed by atoms with Crippen molar-refractivity contribution in [1.29, 1.82) is 0 Å². The van der Waals surface area contributed by atoms with Crippen LogP contribution in [0.3, 0.4) is 0 Å². The number of anilines is 1. The Morgan fingerprint density at radius 1 is 1.14 bits per heavy atom. The van der Waals surface area contributed by atoms with Crippen LogP contribution in [0.15, 0.2) is 42.5 Å². The van der Waals surface area contributed by atoms with Gasteiger partial charge in [-0.3, -0.25) is 9.59 Å². The van der Waals surface area contributed by atoms with Crippen LogP contribution in [0.25, 0.3) is 0 Å². The Morgan fingerprint density at radius 3 is 2.57 bits per heavy atom. The number of hydrogen-bond acceptors (Lipinski definition) is 3. The van der Waals surface area contributed by atoms with Gasteiger partial charge in [-0.05, 0) is 53.6 Å². The third-order valence-electron chi connectivity index (χ3n) is 5.07. The van der Waals surface area contributed by atoms with E-state index in [-0.39, 0.29) is 30.4 Å². The molecule has 2 N–H and O–H groups in total. The van der Waals surface area contributed by atoms with E-state index in [1.807, 2.05) is 12.1 Å². The van der Waals surface area contributed by atoms with Crippen molar-refractivity contribution < 1.29 is 14.3 Å². The summed E-state index contributed by atoms with van der Waals surface area (Å²) in [5, 5.41) is 5.93. The van der Waals surface area contributed by atoms with Gasteiger partial charge in [-0.2, -0.15) is 0 Å². The van der Waals surface area contributed by atoms with Gasteiger partial charge >= 0.3 is 0 Å². The second kappa shape index (κ2) is 8.91. The molecular formula is C23H28N2O3. The number of hydrogen-bond donors (Lipinski definition) is 2. The van der Waals surface area contributed by atoms with Gasteiger partial charge in [0.05, 0.1) is 6.04 Å². The summed E-state index contributed by atoms with van der Waals surface area (Å²) in [6.45, 7) is 6.28. The summed E-state index contributed by atoms with van der Waals surface area (Å²) in [7, 11) is 0. The molecule has 0 aliphatic carbocycles. The molecule has 0 radical (unpaired) electrons. The summed E-state index contributed by atoms with van der Waals surface area (Å²) in [4.78, 5) is 23.9. The molecule has 0 fully saturated rings. The molecule has 0 saturated heterocycles. The van der Waals surface area contributed by atoms with Crippen LogP contribution in [-0.2, 0) is 22.4 Å². The molecule has 2 aromatic carbocycles. The van der Waals surface area contributed by atoms with Crippen LogP contribution in [0.1, 0.15) is 49.9 Å². The van der Waals surface area contributed by atoms with E-state index in [0.29, 0.717) is 18.6 Å². The second-order valence-electron chi connectivity index (χ2n) is 7.54. The quantitative estimate of drug-likeness (QED) is 0.762. The van der Waals surface area contributed by atoms with E-state index in [1.165, 1.54) is 5.56 Å². The molecule has 2 aromatic rings. The summed E-state index contributed by atoms with van der Waals surface area (Å²) in [5.74, 6) is 0.791. The van der Waals surface area contributed by atoms with Gasteiger partial charge in [0.1, 0.15) is 5.75 Å². The molecule has 1 aliphatic rings. The zero-order valence-corrected chi connectivity index (χ0v) is 16.7. The van der Waals surface area contributed by atoms with Crippen LogP contribution >= 0.6 is 0 Å². The number of benzene rings is 2. The molecule has 0 aromatic heterocycles. The second-order valence-corrected chi connectivity index (χ2v) is 7.54. The Labute approximate surface area is 166 Å². The first-order valence-corrected chi connectivity index (χ1v) is 9.90. The summed E-state index contributed by atoms with van der Waals surface area (Å²) >= 11 is 0. The van der Waals surface area contributed by atoms with Crippen LogP contribution < -0.4 is 15.4 Å². The van der Waals surface area contributed by atoms with Crippen molar-refractivity contribution in [3.8, 4) is 5.75 Å². The molecule has 148 valence electrons. The minimum atomic E-state index is -0.149. The maximum absolute atomic E-state index is 12.5. The average molecular weight is 380 g/mol. The Bertz CT molecular complexity index is 843. The van der Waals surface area contributed by atoms with Crippen molar-refractivity contribution in [2.24, 2.45) is 5.92 Å². The fourth-order valence-corrected chi connectivity index (χ4v) is 3.41. The number of carbonyl (C=O) groups is 2. The van der Waals surface area contributed by atoms with Crippen LogP contribution in [0, 0.1) is 5.92 Å². The predicted molar refractivity (Wildman–Crippen MR) is 110 cm³/mol. The van der Waals surface area contributed by atoms with E-state index < -0.39 is 0 Å². The van der Waals surface area contributed by atoms with Crippen molar-refractivity contribution in [3.05, 3.63) is 59.2 Å². The van der Waals surface area contributed by atoms with Gasteiger partial charge < -0.3 is 15.4 Å². The zero-order chi connectivity index (χ0) is 20.1. The molecule has 1 unspecified atom stereocenters. The van der Waals surface area contributed by atoms with Crippen molar-refractivity contribution in [3.63, 3.8) is 0 Å². The van der Waals surface area contributed by atoms with Crippen molar-refractivity contribution >= 4 is 17.5 Å². The Balaban J connectivity index is 1.59. The van der Waals surface area contributed by atoms with Crippen LogP contribution in [0.5, 0.6) is 5.75 Å². The van der Waals surface area contributed by atoms with E-state index in [9.17, 15) is 9.59 Å². The summed E-state index contributed by atoms with van der Waals surface area (Å²) in [6, 6.07) is 13.8. The Hall–Kier alpha value is -2.82. The Morgan fingerprint density at radius 2 is 1.89 bits per heavy atom. The number of carbonyl (C=O) groups excluding carboxylic acids is 2. The maximum Gasteiger partial charge on any atom is 0.258 e.